The van der Waals surface area contributed by atoms with Gasteiger partial charge >= 0.3 is 0 Å². The summed E-state index contributed by atoms with van der Waals surface area (Å²) in [4.78, 5) is 36.7. The molecule has 3 aliphatic rings. The molecule has 2 amide bonds. The third-order valence-electron chi connectivity index (χ3n) is 6.72. The van der Waals surface area contributed by atoms with Crippen LogP contribution in [0.4, 0.5) is 5.69 Å². The van der Waals surface area contributed by atoms with E-state index in [2.05, 4.69) is 9.88 Å². The molecule has 1 saturated carbocycles. The number of halogens is 1. The Morgan fingerprint density at radius 1 is 1.09 bits per heavy atom. The lowest BCUT2D eigenvalue weighted by Gasteiger charge is -2.41. The molecule has 0 unspecified atom stereocenters. The fraction of sp³-hybridized carbons (Fsp3) is 0.458. The predicted octanol–water partition coefficient (Wildman–Crippen LogP) is 3.96. The molecule has 7 nitrogen and oxygen atoms in total. The Kier molecular flexibility index (Phi) is 6.02. The van der Waals surface area contributed by atoms with Gasteiger partial charge in [0, 0.05) is 43.4 Å². The molecule has 1 saturated heterocycles. The summed E-state index contributed by atoms with van der Waals surface area (Å²) in [5, 5.41) is 0.470. The maximum Gasteiger partial charge on any atom is 0.264 e. The van der Waals surface area contributed by atoms with Gasteiger partial charge in [-0.2, -0.15) is 0 Å². The van der Waals surface area contributed by atoms with Gasteiger partial charge in [-0.15, -0.1) is 0 Å². The first-order valence-electron chi connectivity index (χ1n) is 11.4. The molecule has 0 N–H and O–H groups in total. The quantitative estimate of drug-likeness (QED) is 0.702. The number of ether oxygens (including phenoxy) is 1. The number of nitrogens with zero attached hydrogens (tertiary/aromatic N) is 4. The van der Waals surface area contributed by atoms with E-state index >= 15 is 0 Å². The van der Waals surface area contributed by atoms with Crippen LogP contribution in [0.15, 0.2) is 36.5 Å². The van der Waals surface area contributed by atoms with Crippen LogP contribution in [-0.4, -0.2) is 65.4 Å². The number of benzene rings is 1. The van der Waals surface area contributed by atoms with Gasteiger partial charge in [0.05, 0.1) is 5.69 Å². The summed E-state index contributed by atoms with van der Waals surface area (Å²) in [6, 6.07) is 9.07. The fourth-order valence-electron chi connectivity index (χ4n) is 4.96. The Morgan fingerprint density at radius 2 is 1.88 bits per heavy atom. The zero-order valence-electron chi connectivity index (χ0n) is 18.0. The van der Waals surface area contributed by atoms with E-state index in [1.165, 1.54) is 37.0 Å². The van der Waals surface area contributed by atoms with Gasteiger partial charge in [0.25, 0.3) is 5.91 Å². The molecule has 5 rings (SSSR count). The number of hydrogen-bond donors (Lipinski definition) is 0. The Labute approximate surface area is 192 Å². The molecular weight excluding hydrogens is 428 g/mol. The van der Waals surface area contributed by atoms with E-state index in [4.69, 9.17) is 16.3 Å². The minimum atomic E-state index is -0.316. The molecule has 0 atom stereocenters. The summed E-state index contributed by atoms with van der Waals surface area (Å²) in [7, 11) is 0. The molecule has 168 valence electrons. The summed E-state index contributed by atoms with van der Waals surface area (Å²) < 4.78 is 5.90. The van der Waals surface area contributed by atoms with Gasteiger partial charge < -0.3 is 9.64 Å². The molecule has 1 aliphatic carbocycles. The summed E-state index contributed by atoms with van der Waals surface area (Å²) in [5.41, 5.74) is 0.810. The van der Waals surface area contributed by atoms with E-state index in [-0.39, 0.29) is 24.2 Å². The van der Waals surface area contributed by atoms with Gasteiger partial charge in [0.1, 0.15) is 12.1 Å². The summed E-state index contributed by atoms with van der Waals surface area (Å²) in [6.45, 7) is 3.10. The minimum Gasteiger partial charge on any atom is -0.436 e. The van der Waals surface area contributed by atoms with Crippen molar-refractivity contribution in [3.8, 4) is 11.6 Å². The van der Waals surface area contributed by atoms with Gasteiger partial charge in [0.15, 0.2) is 5.75 Å². The smallest absolute Gasteiger partial charge is 0.264 e. The zero-order valence-corrected chi connectivity index (χ0v) is 18.8. The maximum absolute atomic E-state index is 13.4. The van der Waals surface area contributed by atoms with Crippen molar-refractivity contribution in [2.24, 2.45) is 0 Å². The minimum absolute atomic E-state index is 0.0622. The summed E-state index contributed by atoms with van der Waals surface area (Å²) in [5.74, 6) is 0.301. The first kappa shape index (κ1) is 21.2. The highest BCUT2D eigenvalue weighted by molar-refractivity contribution is 6.31. The summed E-state index contributed by atoms with van der Waals surface area (Å²) in [6.07, 6.45) is 8.06. The average molecular weight is 455 g/mol. The first-order valence-corrected chi connectivity index (χ1v) is 11.7. The highest BCUT2D eigenvalue weighted by atomic mass is 35.5. The molecule has 2 aliphatic heterocycles. The van der Waals surface area contributed by atoms with E-state index in [9.17, 15) is 9.59 Å². The highest BCUT2D eigenvalue weighted by Crippen LogP contribution is 2.39. The Morgan fingerprint density at radius 3 is 2.66 bits per heavy atom. The molecule has 2 aromatic rings. The lowest BCUT2D eigenvalue weighted by molar-refractivity contribution is -0.131. The van der Waals surface area contributed by atoms with Crippen molar-refractivity contribution < 1.29 is 14.3 Å². The number of fused-ring (bicyclic) bond motifs is 2. The Hall–Kier alpha value is -2.64. The van der Waals surface area contributed by atoms with E-state index in [1.54, 1.807) is 36.5 Å². The second kappa shape index (κ2) is 9.08. The highest BCUT2D eigenvalue weighted by Gasteiger charge is 2.33. The number of amides is 2. The molecule has 1 aromatic heterocycles. The van der Waals surface area contributed by atoms with Crippen LogP contribution in [0.2, 0.25) is 5.02 Å². The third kappa shape index (κ3) is 4.19. The van der Waals surface area contributed by atoms with Crippen LogP contribution < -0.4 is 9.64 Å². The molecule has 2 fully saturated rings. The van der Waals surface area contributed by atoms with Crippen LogP contribution >= 0.6 is 11.6 Å². The average Bonchev–Trinajstić information content (AvgIpc) is 2.94. The van der Waals surface area contributed by atoms with Gasteiger partial charge in [-0.05, 0) is 43.2 Å². The van der Waals surface area contributed by atoms with Crippen molar-refractivity contribution in [3.63, 3.8) is 0 Å². The second-order valence-corrected chi connectivity index (χ2v) is 9.11. The van der Waals surface area contributed by atoms with Gasteiger partial charge in [-0.25, -0.2) is 4.98 Å². The van der Waals surface area contributed by atoms with Gasteiger partial charge in [-0.1, -0.05) is 30.9 Å². The fourth-order valence-corrected chi connectivity index (χ4v) is 5.12. The van der Waals surface area contributed by atoms with Gasteiger partial charge in [-0.3, -0.25) is 19.4 Å². The number of carbonyl (C=O) groups is 2. The van der Waals surface area contributed by atoms with Crippen LogP contribution in [0.1, 0.15) is 42.5 Å². The van der Waals surface area contributed by atoms with Crippen molar-refractivity contribution in [1.29, 1.82) is 0 Å². The Balaban J connectivity index is 1.33. The maximum atomic E-state index is 13.4. The van der Waals surface area contributed by atoms with Crippen molar-refractivity contribution >= 4 is 29.1 Å². The van der Waals surface area contributed by atoms with Crippen molar-refractivity contribution in [2.45, 2.75) is 38.1 Å². The molecule has 8 heteroatoms. The summed E-state index contributed by atoms with van der Waals surface area (Å²) >= 11 is 6.22. The van der Waals surface area contributed by atoms with Crippen LogP contribution in [0.25, 0.3) is 0 Å². The molecule has 3 heterocycles. The normalized spacial score (nSPS) is 19.7. The molecule has 0 bridgehead atoms. The number of piperazine rings is 1. The third-order valence-corrected chi connectivity index (χ3v) is 6.95. The standard InChI is InChI=1S/C24H27ClN4O3/c25-17-8-9-21-20(15-17)29(24(31)19-7-4-10-26-23(19)32-21)16-22(30)28-13-11-27(12-14-28)18-5-2-1-3-6-18/h4,7-10,15,18H,1-3,5-6,11-14,16H2. The lowest BCUT2D eigenvalue weighted by Crippen LogP contribution is -2.54. The monoisotopic (exact) mass is 454 g/mol. The van der Waals surface area contributed by atoms with Crippen molar-refractivity contribution in [2.75, 3.05) is 37.6 Å². The Bertz CT molecular complexity index is 1020. The number of carbonyl (C=O) groups excluding carboxylic acids is 2. The van der Waals surface area contributed by atoms with Crippen molar-refractivity contribution in [3.05, 3.63) is 47.1 Å². The van der Waals surface area contributed by atoms with Gasteiger partial charge in [0.2, 0.25) is 11.8 Å². The van der Waals surface area contributed by atoms with Crippen molar-refractivity contribution in [1.82, 2.24) is 14.8 Å². The van der Waals surface area contributed by atoms with Crippen LogP contribution in [0.3, 0.4) is 0 Å². The number of anilines is 1. The van der Waals surface area contributed by atoms with E-state index in [0.717, 1.165) is 13.1 Å². The number of rotatable bonds is 3. The van der Waals surface area contributed by atoms with E-state index < -0.39 is 0 Å². The molecule has 0 spiro atoms. The lowest BCUT2D eigenvalue weighted by atomic mass is 9.94. The topological polar surface area (TPSA) is 66.0 Å². The molecule has 1 aromatic carbocycles. The largest absolute Gasteiger partial charge is 0.436 e. The van der Waals surface area contributed by atoms with E-state index in [1.807, 2.05) is 4.90 Å². The SMILES string of the molecule is O=C(CN1C(=O)c2cccnc2Oc2ccc(Cl)cc21)N1CCN(C2CCCCC2)CC1. The molecular formula is C24H27ClN4O3. The van der Waals surface area contributed by atoms with Crippen LogP contribution in [0.5, 0.6) is 11.6 Å². The first-order chi connectivity index (χ1) is 15.6. The molecule has 0 radical (unpaired) electrons. The molecule has 32 heavy (non-hydrogen) atoms. The van der Waals surface area contributed by atoms with Crippen LogP contribution in [-0.2, 0) is 4.79 Å². The number of pyridine rings is 1. The number of aromatic nitrogens is 1. The second-order valence-electron chi connectivity index (χ2n) is 8.67. The number of hydrogen-bond acceptors (Lipinski definition) is 5. The zero-order chi connectivity index (χ0) is 22.1. The van der Waals surface area contributed by atoms with E-state index in [0.29, 0.717) is 41.2 Å². The van der Waals surface area contributed by atoms with Crippen LogP contribution in [0, 0.1) is 0 Å². The predicted molar refractivity (Wildman–Crippen MR) is 122 cm³/mol.